The van der Waals surface area contributed by atoms with Gasteiger partial charge in [-0.15, -0.1) is 0 Å². The third kappa shape index (κ3) is 4.14. The van der Waals surface area contributed by atoms with Gasteiger partial charge >= 0.3 is 0 Å². The highest BCUT2D eigenvalue weighted by molar-refractivity contribution is 5.94. The second-order valence-corrected chi connectivity index (χ2v) is 7.53. The molecule has 3 aliphatic carbocycles. The molecule has 0 aromatic heterocycles. The number of carbonyl (C=O) groups excluding carboxylic acids is 2. The minimum absolute atomic E-state index is 0.0359. The normalized spacial score (nSPS) is 20.3. The molecule has 0 unspecified atom stereocenters. The molecule has 0 spiro atoms. The molecule has 25 heavy (non-hydrogen) atoms. The average molecular weight is 342 g/mol. The van der Waals surface area contributed by atoms with Crippen LogP contribution in [-0.2, 0) is 4.79 Å². The molecule has 0 atom stereocenters. The monoisotopic (exact) mass is 342 g/mol. The van der Waals surface area contributed by atoms with E-state index in [1.54, 1.807) is 24.3 Å². The van der Waals surface area contributed by atoms with Crippen molar-refractivity contribution in [2.45, 2.75) is 69.5 Å². The SMILES string of the molecule is O=C(NC1CC1)c1ccc(OCC(=O)N(C2CCCC2)C2CC2)cc1. The van der Waals surface area contributed by atoms with Crippen LogP contribution in [0.4, 0.5) is 0 Å². The Hall–Kier alpha value is -2.04. The summed E-state index contributed by atoms with van der Waals surface area (Å²) in [7, 11) is 0. The third-order valence-corrected chi connectivity index (χ3v) is 5.34. The lowest BCUT2D eigenvalue weighted by atomic mass is 10.2. The standard InChI is InChI=1S/C20H26N2O3/c23-19(22(17-9-10-17)16-3-1-2-4-16)13-25-18-11-5-14(6-12-18)20(24)21-15-7-8-15/h5-6,11-12,15-17H,1-4,7-10,13H2,(H,21,24). The fraction of sp³-hybridized carbons (Fsp3) is 0.600. The minimum atomic E-state index is -0.0359. The van der Waals surface area contributed by atoms with E-state index in [2.05, 4.69) is 10.2 Å². The average Bonchev–Trinajstić information content (AvgIpc) is 3.55. The van der Waals surface area contributed by atoms with Gasteiger partial charge in [-0.05, 0) is 62.8 Å². The second-order valence-electron chi connectivity index (χ2n) is 7.53. The number of nitrogens with zero attached hydrogens (tertiary/aromatic N) is 1. The van der Waals surface area contributed by atoms with E-state index in [0.29, 0.717) is 29.4 Å². The molecule has 3 saturated carbocycles. The van der Waals surface area contributed by atoms with Crippen LogP contribution in [0.1, 0.15) is 61.7 Å². The first kappa shape index (κ1) is 16.4. The van der Waals surface area contributed by atoms with E-state index in [-0.39, 0.29) is 18.4 Å². The van der Waals surface area contributed by atoms with Gasteiger partial charge in [-0.25, -0.2) is 0 Å². The quantitative estimate of drug-likeness (QED) is 0.829. The Morgan fingerprint density at radius 2 is 1.60 bits per heavy atom. The predicted octanol–water partition coefficient (Wildman–Crippen LogP) is 2.89. The van der Waals surface area contributed by atoms with Gasteiger partial charge in [-0.2, -0.15) is 0 Å². The fourth-order valence-corrected chi connectivity index (χ4v) is 3.66. The predicted molar refractivity (Wildman–Crippen MR) is 94.5 cm³/mol. The van der Waals surface area contributed by atoms with Crippen LogP contribution in [0, 0.1) is 0 Å². The summed E-state index contributed by atoms with van der Waals surface area (Å²) in [5, 5.41) is 2.96. The van der Waals surface area contributed by atoms with Crippen LogP contribution < -0.4 is 10.1 Å². The molecule has 0 radical (unpaired) electrons. The molecule has 3 aliphatic rings. The van der Waals surface area contributed by atoms with Crippen LogP contribution in [0.3, 0.4) is 0 Å². The van der Waals surface area contributed by atoms with Crippen molar-refractivity contribution >= 4 is 11.8 Å². The second kappa shape index (κ2) is 7.06. The summed E-state index contributed by atoms with van der Waals surface area (Å²) in [5.74, 6) is 0.703. The molecule has 4 rings (SSSR count). The summed E-state index contributed by atoms with van der Waals surface area (Å²) in [6.07, 6.45) is 9.14. The van der Waals surface area contributed by atoms with Crippen molar-refractivity contribution in [3.8, 4) is 5.75 Å². The highest BCUT2D eigenvalue weighted by Gasteiger charge is 2.38. The summed E-state index contributed by atoms with van der Waals surface area (Å²) in [5.41, 5.74) is 0.635. The molecule has 2 amide bonds. The van der Waals surface area contributed by atoms with Crippen LogP contribution in [0.2, 0.25) is 0 Å². The minimum Gasteiger partial charge on any atom is -0.484 e. The number of carbonyl (C=O) groups is 2. The molecular formula is C20H26N2O3. The van der Waals surface area contributed by atoms with Crippen molar-refractivity contribution in [3.05, 3.63) is 29.8 Å². The number of rotatable bonds is 7. The summed E-state index contributed by atoms with van der Waals surface area (Å²) in [4.78, 5) is 26.7. The Bertz CT molecular complexity index is 629. The van der Waals surface area contributed by atoms with Crippen molar-refractivity contribution in [1.29, 1.82) is 0 Å². The topological polar surface area (TPSA) is 58.6 Å². The molecule has 1 aromatic carbocycles. The van der Waals surface area contributed by atoms with E-state index in [4.69, 9.17) is 4.74 Å². The summed E-state index contributed by atoms with van der Waals surface area (Å²) in [6.45, 7) is 0.0839. The zero-order valence-corrected chi connectivity index (χ0v) is 14.6. The molecule has 134 valence electrons. The molecule has 3 fully saturated rings. The van der Waals surface area contributed by atoms with Crippen molar-refractivity contribution in [3.63, 3.8) is 0 Å². The van der Waals surface area contributed by atoms with E-state index in [1.807, 2.05) is 0 Å². The highest BCUT2D eigenvalue weighted by Crippen LogP contribution is 2.34. The van der Waals surface area contributed by atoms with Crippen molar-refractivity contribution in [2.75, 3.05) is 6.61 Å². The van der Waals surface area contributed by atoms with E-state index in [1.165, 1.54) is 12.8 Å². The maximum atomic E-state index is 12.6. The lowest BCUT2D eigenvalue weighted by Gasteiger charge is -2.29. The van der Waals surface area contributed by atoms with E-state index >= 15 is 0 Å². The summed E-state index contributed by atoms with van der Waals surface area (Å²) in [6, 6.07) is 8.26. The number of hydrogen-bond donors (Lipinski definition) is 1. The van der Waals surface area contributed by atoms with E-state index in [9.17, 15) is 9.59 Å². The van der Waals surface area contributed by atoms with E-state index in [0.717, 1.165) is 38.5 Å². The van der Waals surface area contributed by atoms with Crippen LogP contribution >= 0.6 is 0 Å². The zero-order valence-electron chi connectivity index (χ0n) is 14.6. The first-order valence-electron chi connectivity index (χ1n) is 9.55. The highest BCUT2D eigenvalue weighted by atomic mass is 16.5. The Kier molecular flexibility index (Phi) is 4.64. The third-order valence-electron chi connectivity index (χ3n) is 5.34. The maximum absolute atomic E-state index is 12.6. The summed E-state index contributed by atoms with van der Waals surface area (Å²) >= 11 is 0. The molecule has 1 N–H and O–H groups in total. The lowest BCUT2D eigenvalue weighted by Crippen LogP contribution is -2.43. The first-order valence-corrected chi connectivity index (χ1v) is 9.55. The Morgan fingerprint density at radius 3 is 2.20 bits per heavy atom. The maximum Gasteiger partial charge on any atom is 0.261 e. The lowest BCUT2D eigenvalue weighted by molar-refractivity contribution is -0.136. The molecule has 5 nitrogen and oxygen atoms in total. The van der Waals surface area contributed by atoms with Crippen molar-refractivity contribution < 1.29 is 14.3 Å². The van der Waals surface area contributed by atoms with Crippen LogP contribution in [0.15, 0.2) is 24.3 Å². The van der Waals surface area contributed by atoms with Gasteiger partial charge in [0.1, 0.15) is 5.75 Å². The molecular weight excluding hydrogens is 316 g/mol. The van der Waals surface area contributed by atoms with Crippen molar-refractivity contribution in [2.24, 2.45) is 0 Å². The van der Waals surface area contributed by atoms with Gasteiger partial charge in [-0.3, -0.25) is 9.59 Å². The van der Waals surface area contributed by atoms with Gasteiger partial charge in [0, 0.05) is 23.7 Å². The number of hydrogen-bond acceptors (Lipinski definition) is 3. The number of nitrogens with one attached hydrogen (secondary N) is 1. The molecule has 5 heteroatoms. The molecule has 0 heterocycles. The Labute approximate surface area is 148 Å². The van der Waals surface area contributed by atoms with Gasteiger partial charge in [0.2, 0.25) is 0 Å². The molecule has 0 bridgehead atoms. The smallest absolute Gasteiger partial charge is 0.261 e. The van der Waals surface area contributed by atoms with Gasteiger partial charge in [-0.1, -0.05) is 12.8 Å². The Balaban J connectivity index is 1.30. The summed E-state index contributed by atoms with van der Waals surface area (Å²) < 4.78 is 5.69. The molecule has 0 saturated heterocycles. The van der Waals surface area contributed by atoms with Crippen LogP contribution in [0.25, 0.3) is 0 Å². The number of benzene rings is 1. The number of ether oxygens (including phenoxy) is 1. The fourth-order valence-electron chi connectivity index (χ4n) is 3.66. The van der Waals surface area contributed by atoms with Gasteiger partial charge in [0.15, 0.2) is 6.61 Å². The molecule has 0 aliphatic heterocycles. The Morgan fingerprint density at radius 1 is 0.960 bits per heavy atom. The largest absolute Gasteiger partial charge is 0.484 e. The zero-order chi connectivity index (χ0) is 17.2. The number of amides is 2. The van der Waals surface area contributed by atoms with Gasteiger partial charge < -0.3 is 15.0 Å². The van der Waals surface area contributed by atoms with Crippen LogP contribution in [-0.4, -0.2) is 41.4 Å². The van der Waals surface area contributed by atoms with Crippen molar-refractivity contribution in [1.82, 2.24) is 10.2 Å². The first-order chi connectivity index (χ1) is 12.2. The van der Waals surface area contributed by atoms with E-state index < -0.39 is 0 Å². The van der Waals surface area contributed by atoms with Gasteiger partial charge in [0.25, 0.3) is 11.8 Å². The van der Waals surface area contributed by atoms with Gasteiger partial charge in [0.05, 0.1) is 0 Å². The van der Waals surface area contributed by atoms with Crippen LogP contribution in [0.5, 0.6) is 5.75 Å². The molecule has 1 aromatic rings.